The summed E-state index contributed by atoms with van der Waals surface area (Å²) in [6, 6.07) is 6.56. The zero-order valence-corrected chi connectivity index (χ0v) is 22.1. The second-order valence-electron chi connectivity index (χ2n) is 10.5. The highest BCUT2D eigenvalue weighted by molar-refractivity contribution is 5.77. The molecule has 0 spiro atoms. The van der Waals surface area contributed by atoms with Crippen LogP contribution in [0.2, 0.25) is 0 Å². The quantitative estimate of drug-likeness (QED) is 0.394. The lowest BCUT2D eigenvalue weighted by molar-refractivity contribution is -0.143. The van der Waals surface area contributed by atoms with Gasteiger partial charge in [0.2, 0.25) is 0 Å². The molecule has 38 heavy (non-hydrogen) atoms. The number of ether oxygens (including phenoxy) is 3. The molecule has 3 aliphatic heterocycles. The van der Waals surface area contributed by atoms with Gasteiger partial charge in [0.25, 0.3) is 0 Å². The van der Waals surface area contributed by atoms with E-state index in [4.69, 9.17) is 19.2 Å². The van der Waals surface area contributed by atoms with E-state index in [1.165, 1.54) is 25.2 Å². The summed E-state index contributed by atoms with van der Waals surface area (Å²) in [5, 5.41) is 13.5. The van der Waals surface area contributed by atoms with Gasteiger partial charge in [-0.25, -0.2) is 9.37 Å². The Morgan fingerprint density at radius 3 is 2.92 bits per heavy atom. The van der Waals surface area contributed by atoms with Crippen LogP contribution in [0.5, 0.6) is 5.75 Å². The van der Waals surface area contributed by atoms with E-state index < -0.39 is 17.8 Å². The average molecular weight is 528 g/mol. The van der Waals surface area contributed by atoms with Gasteiger partial charge in [0.15, 0.2) is 11.6 Å². The number of carboxylic acid groups (broad SMARTS) is 1. The molecule has 8 nitrogen and oxygen atoms in total. The number of halogens is 1. The Labute approximate surface area is 223 Å². The van der Waals surface area contributed by atoms with Gasteiger partial charge in [0.05, 0.1) is 26.4 Å². The monoisotopic (exact) mass is 527 g/mol. The van der Waals surface area contributed by atoms with E-state index in [1.54, 1.807) is 6.07 Å². The molecule has 2 saturated heterocycles. The van der Waals surface area contributed by atoms with Crippen LogP contribution in [0.25, 0.3) is 0 Å². The molecule has 1 unspecified atom stereocenters. The van der Waals surface area contributed by atoms with Crippen molar-refractivity contribution in [3.63, 3.8) is 0 Å². The maximum absolute atomic E-state index is 14.9. The summed E-state index contributed by atoms with van der Waals surface area (Å²) in [5.41, 5.74) is 3.55. The Morgan fingerprint density at radius 2 is 2.16 bits per heavy atom. The van der Waals surface area contributed by atoms with Crippen LogP contribution in [-0.4, -0.2) is 73.6 Å². The van der Waals surface area contributed by atoms with E-state index in [1.807, 2.05) is 4.90 Å². The molecule has 1 aromatic heterocycles. The number of aliphatic carboxylic acids is 1. The fourth-order valence-electron chi connectivity index (χ4n) is 5.67. The number of fused-ring (bicyclic) bond motifs is 1. The number of rotatable bonds is 12. The van der Waals surface area contributed by atoms with Crippen molar-refractivity contribution >= 4 is 11.8 Å². The van der Waals surface area contributed by atoms with Crippen molar-refractivity contribution in [2.45, 2.75) is 63.0 Å². The number of unbranched alkanes of at least 4 members (excludes halogenated alkanes) is 2. The Balaban J connectivity index is 1.10. The van der Waals surface area contributed by atoms with Gasteiger partial charge in [-0.05, 0) is 67.9 Å². The number of benzene rings is 1. The number of methoxy groups -OCH3 is 1. The van der Waals surface area contributed by atoms with Crippen molar-refractivity contribution in [2.75, 3.05) is 51.9 Å². The van der Waals surface area contributed by atoms with Gasteiger partial charge in [-0.15, -0.1) is 0 Å². The molecular weight excluding hydrogens is 489 g/mol. The van der Waals surface area contributed by atoms with Gasteiger partial charge < -0.3 is 24.6 Å². The van der Waals surface area contributed by atoms with Crippen molar-refractivity contribution in [1.82, 2.24) is 9.88 Å². The third-order valence-corrected chi connectivity index (χ3v) is 7.86. The first-order valence-electron chi connectivity index (χ1n) is 13.8. The Kier molecular flexibility index (Phi) is 8.76. The fourth-order valence-corrected chi connectivity index (χ4v) is 5.67. The zero-order chi connectivity index (χ0) is 26.5. The second-order valence-corrected chi connectivity index (χ2v) is 10.5. The van der Waals surface area contributed by atoms with Crippen molar-refractivity contribution in [3.05, 3.63) is 52.5 Å². The molecule has 0 saturated carbocycles. The maximum Gasteiger partial charge on any atom is 0.325 e. The number of anilines is 1. The molecule has 4 heterocycles. The normalized spacial score (nSPS) is 20.4. The third kappa shape index (κ3) is 6.11. The topological polar surface area (TPSA) is 93.2 Å². The van der Waals surface area contributed by atoms with Crippen LogP contribution < -0.4 is 10.1 Å². The van der Waals surface area contributed by atoms with Gasteiger partial charge in [-0.2, -0.15) is 0 Å². The van der Waals surface area contributed by atoms with Crippen LogP contribution in [0.3, 0.4) is 0 Å². The van der Waals surface area contributed by atoms with Gasteiger partial charge in [0, 0.05) is 43.4 Å². The van der Waals surface area contributed by atoms with Crippen molar-refractivity contribution < 1.29 is 28.5 Å². The van der Waals surface area contributed by atoms with Gasteiger partial charge in [-0.1, -0.05) is 12.5 Å². The molecule has 2 N–H and O–H groups in total. The Morgan fingerprint density at radius 1 is 1.29 bits per heavy atom. The molecule has 5 rings (SSSR count). The number of pyridine rings is 1. The third-order valence-electron chi connectivity index (χ3n) is 7.86. The van der Waals surface area contributed by atoms with Crippen molar-refractivity contribution in [2.24, 2.45) is 0 Å². The SMILES string of the molecule is COc1c(F)cc(C2COC2)cc1C(C(=O)O)N1CC[C@@H](OCCCCCc2ccc3c(n2)NCCC3)C1. The molecule has 0 bridgehead atoms. The highest BCUT2D eigenvalue weighted by Gasteiger charge is 2.37. The standard InChI is InChI=1S/C29H38FN3O5/c1-36-27-24(14-20(15-25(27)30)21-17-37-18-21)26(29(34)35)33-12-10-23(16-33)38-13-4-2-3-7-22-9-8-19-6-5-11-31-28(19)32-22/h8-9,14-15,21,23,26H,2-7,10-13,16-18H2,1H3,(H,31,32)(H,34,35)/t23-,26?/m1/s1. The minimum atomic E-state index is -1.02. The highest BCUT2D eigenvalue weighted by Crippen LogP contribution is 2.38. The lowest BCUT2D eigenvalue weighted by atomic mass is 9.92. The maximum atomic E-state index is 14.9. The molecule has 0 amide bonds. The first kappa shape index (κ1) is 26.8. The smallest absolute Gasteiger partial charge is 0.325 e. The van der Waals surface area contributed by atoms with Crippen molar-refractivity contribution in [3.8, 4) is 5.75 Å². The van der Waals surface area contributed by atoms with E-state index in [-0.39, 0.29) is 17.8 Å². The minimum absolute atomic E-state index is 0.00467. The average Bonchev–Trinajstić information content (AvgIpc) is 3.33. The number of aromatic nitrogens is 1. The second kappa shape index (κ2) is 12.4. The number of nitrogens with zero attached hydrogens (tertiary/aromatic N) is 2. The summed E-state index contributed by atoms with van der Waals surface area (Å²) >= 11 is 0. The molecule has 2 atom stereocenters. The molecule has 2 fully saturated rings. The van der Waals surface area contributed by atoms with E-state index in [9.17, 15) is 14.3 Å². The Hall–Kier alpha value is -2.75. The van der Waals surface area contributed by atoms with E-state index in [2.05, 4.69) is 17.4 Å². The van der Waals surface area contributed by atoms with Crippen LogP contribution in [0.15, 0.2) is 24.3 Å². The lowest BCUT2D eigenvalue weighted by Crippen LogP contribution is -2.34. The number of hydrogen-bond acceptors (Lipinski definition) is 7. The highest BCUT2D eigenvalue weighted by atomic mass is 19.1. The van der Waals surface area contributed by atoms with Crippen LogP contribution in [0, 0.1) is 5.82 Å². The van der Waals surface area contributed by atoms with Crippen molar-refractivity contribution in [1.29, 1.82) is 0 Å². The van der Waals surface area contributed by atoms with E-state index in [0.717, 1.165) is 62.1 Å². The fraction of sp³-hybridized carbons (Fsp3) is 0.586. The van der Waals surface area contributed by atoms with Gasteiger partial charge in [-0.3, -0.25) is 9.69 Å². The number of nitrogens with one attached hydrogen (secondary N) is 1. The number of carboxylic acids is 1. The molecule has 2 aromatic rings. The summed E-state index contributed by atoms with van der Waals surface area (Å²) in [7, 11) is 1.38. The van der Waals surface area contributed by atoms with E-state index in [0.29, 0.717) is 38.5 Å². The lowest BCUT2D eigenvalue weighted by Gasteiger charge is -2.30. The van der Waals surface area contributed by atoms with Crippen LogP contribution >= 0.6 is 0 Å². The van der Waals surface area contributed by atoms with Crippen LogP contribution in [0.4, 0.5) is 10.2 Å². The van der Waals surface area contributed by atoms with Gasteiger partial charge in [0.1, 0.15) is 11.9 Å². The Bertz CT molecular complexity index is 1130. The van der Waals surface area contributed by atoms with Crippen LogP contribution in [0.1, 0.15) is 66.4 Å². The zero-order valence-electron chi connectivity index (χ0n) is 22.1. The summed E-state index contributed by atoms with van der Waals surface area (Å²) in [5.74, 6) is -0.428. The minimum Gasteiger partial charge on any atom is -0.493 e. The number of likely N-dealkylation sites (tertiary alicyclic amines) is 1. The summed E-state index contributed by atoms with van der Waals surface area (Å²) in [6.07, 6.45) is 6.99. The predicted octanol–water partition coefficient (Wildman–Crippen LogP) is 4.33. The molecule has 1 aromatic carbocycles. The summed E-state index contributed by atoms with van der Waals surface area (Å²) < 4.78 is 31.5. The molecule has 3 aliphatic rings. The number of hydrogen-bond donors (Lipinski definition) is 2. The summed E-state index contributed by atoms with van der Waals surface area (Å²) in [4.78, 5) is 19.0. The molecular formula is C29H38FN3O5. The van der Waals surface area contributed by atoms with Crippen LogP contribution in [-0.2, 0) is 27.1 Å². The number of carbonyl (C=O) groups is 1. The largest absolute Gasteiger partial charge is 0.493 e. The van der Waals surface area contributed by atoms with Gasteiger partial charge >= 0.3 is 5.97 Å². The summed E-state index contributed by atoms with van der Waals surface area (Å²) in [6.45, 7) is 3.74. The molecule has 206 valence electrons. The van der Waals surface area contributed by atoms with E-state index >= 15 is 0 Å². The predicted molar refractivity (Wildman–Crippen MR) is 141 cm³/mol. The first-order valence-corrected chi connectivity index (χ1v) is 13.8. The molecule has 0 radical (unpaired) electrons. The first-order chi connectivity index (χ1) is 18.5. The molecule has 9 heteroatoms. The number of aryl methyl sites for hydroxylation is 2. The molecule has 0 aliphatic carbocycles.